The fourth-order valence-electron chi connectivity index (χ4n) is 3.02. The molecule has 0 aromatic carbocycles. The minimum absolute atomic E-state index is 0.0651. The molecule has 21 heavy (non-hydrogen) atoms. The normalized spacial score (nSPS) is 22.0. The monoisotopic (exact) mass is 293 g/mol. The van der Waals surface area contributed by atoms with Crippen LogP contribution >= 0.6 is 0 Å². The van der Waals surface area contributed by atoms with Gasteiger partial charge in [0, 0.05) is 6.54 Å². The van der Waals surface area contributed by atoms with Crippen molar-refractivity contribution in [3.05, 3.63) is 15.8 Å². The van der Waals surface area contributed by atoms with Crippen LogP contribution in [-0.4, -0.2) is 21.4 Å². The molecule has 1 fully saturated rings. The number of aromatic nitrogens is 2. The summed E-state index contributed by atoms with van der Waals surface area (Å²) < 4.78 is 0. The molecule has 0 bridgehead atoms. The molecule has 1 saturated carbocycles. The van der Waals surface area contributed by atoms with Gasteiger partial charge in [-0.05, 0) is 31.6 Å². The van der Waals surface area contributed by atoms with Crippen molar-refractivity contribution in [1.29, 1.82) is 0 Å². The molecule has 0 spiro atoms. The fraction of sp³-hybridized carbons (Fsp3) is 0.714. The van der Waals surface area contributed by atoms with E-state index < -0.39 is 4.92 Å². The highest BCUT2D eigenvalue weighted by molar-refractivity contribution is 5.60. The Balaban J connectivity index is 2.02. The van der Waals surface area contributed by atoms with Gasteiger partial charge in [0.2, 0.25) is 11.8 Å². The Labute approximate surface area is 124 Å². The third kappa shape index (κ3) is 3.80. The summed E-state index contributed by atoms with van der Waals surface area (Å²) in [4.78, 5) is 18.5. The van der Waals surface area contributed by atoms with Gasteiger partial charge in [-0.1, -0.05) is 26.2 Å². The van der Waals surface area contributed by atoms with Gasteiger partial charge in [-0.2, -0.15) is 4.98 Å². The summed E-state index contributed by atoms with van der Waals surface area (Å²) in [6.07, 6.45) is 6.07. The maximum absolute atomic E-state index is 11.1. The first kappa shape index (κ1) is 15.5. The molecule has 2 rings (SSSR count). The molecule has 0 amide bonds. The summed E-state index contributed by atoms with van der Waals surface area (Å²) in [5, 5.41) is 14.2. The third-order valence-electron chi connectivity index (χ3n) is 4.36. The number of hydrogen-bond acceptors (Lipinski definition) is 6. The Kier molecular flexibility index (Phi) is 4.93. The van der Waals surface area contributed by atoms with Crippen molar-refractivity contribution in [1.82, 2.24) is 9.97 Å². The molecule has 0 radical (unpaired) electrons. The quantitative estimate of drug-likeness (QED) is 0.638. The maximum Gasteiger partial charge on any atom is 0.332 e. The van der Waals surface area contributed by atoms with Crippen LogP contribution in [0.1, 0.15) is 44.7 Å². The Morgan fingerprint density at radius 1 is 1.29 bits per heavy atom. The zero-order valence-electron chi connectivity index (χ0n) is 12.6. The molecule has 0 aliphatic heterocycles. The largest absolute Gasteiger partial charge is 0.368 e. The van der Waals surface area contributed by atoms with Gasteiger partial charge in [-0.15, -0.1) is 0 Å². The Morgan fingerprint density at radius 2 is 1.90 bits per heavy atom. The number of aryl methyl sites for hydroxylation is 1. The van der Waals surface area contributed by atoms with E-state index in [1.165, 1.54) is 32.1 Å². The highest BCUT2D eigenvalue weighted by Crippen LogP contribution is 2.32. The molecule has 116 valence electrons. The number of nitrogens with one attached hydrogen (secondary N) is 1. The smallest absolute Gasteiger partial charge is 0.332 e. The van der Waals surface area contributed by atoms with Crippen molar-refractivity contribution in [2.75, 3.05) is 17.6 Å². The van der Waals surface area contributed by atoms with Crippen LogP contribution in [0.4, 0.5) is 17.5 Å². The standard InChI is InChI=1S/C14H23N5O2/c1-3-10-4-6-11(7-5-10)8-16-13-12(19(20)21)9(2)17-14(15)18-13/h10-11H,3-8H2,1-2H3,(H3,15,16,17,18). The van der Waals surface area contributed by atoms with Crippen LogP contribution in [0.25, 0.3) is 0 Å². The van der Waals surface area contributed by atoms with Crippen molar-refractivity contribution >= 4 is 17.5 Å². The van der Waals surface area contributed by atoms with E-state index in [4.69, 9.17) is 5.73 Å². The van der Waals surface area contributed by atoms with Crippen molar-refractivity contribution in [2.45, 2.75) is 46.0 Å². The van der Waals surface area contributed by atoms with Crippen LogP contribution in [0, 0.1) is 28.9 Å². The third-order valence-corrected chi connectivity index (χ3v) is 4.36. The van der Waals surface area contributed by atoms with E-state index in [0.29, 0.717) is 18.2 Å². The highest BCUT2D eigenvalue weighted by atomic mass is 16.6. The second-order valence-electron chi connectivity index (χ2n) is 5.80. The fourth-order valence-corrected chi connectivity index (χ4v) is 3.02. The zero-order valence-corrected chi connectivity index (χ0v) is 12.6. The summed E-state index contributed by atoms with van der Waals surface area (Å²) in [5.41, 5.74) is 5.81. The molecule has 0 atom stereocenters. The molecule has 0 unspecified atom stereocenters. The molecule has 1 aliphatic rings. The predicted octanol–water partition coefficient (Wildman–Crippen LogP) is 2.90. The van der Waals surface area contributed by atoms with Crippen molar-refractivity contribution in [3.63, 3.8) is 0 Å². The summed E-state index contributed by atoms with van der Waals surface area (Å²) >= 11 is 0. The number of hydrogen-bond donors (Lipinski definition) is 2. The predicted molar refractivity (Wildman–Crippen MR) is 82.1 cm³/mol. The van der Waals surface area contributed by atoms with Gasteiger partial charge < -0.3 is 11.1 Å². The average molecular weight is 293 g/mol. The minimum atomic E-state index is -0.453. The van der Waals surface area contributed by atoms with E-state index in [0.717, 1.165) is 5.92 Å². The number of anilines is 2. The summed E-state index contributed by atoms with van der Waals surface area (Å²) in [5.74, 6) is 1.69. The van der Waals surface area contributed by atoms with Crippen molar-refractivity contribution < 1.29 is 4.92 Å². The number of nitrogens with two attached hydrogens (primary N) is 1. The first-order chi connectivity index (χ1) is 10.0. The van der Waals surface area contributed by atoms with Crippen LogP contribution in [-0.2, 0) is 0 Å². The van der Waals surface area contributed by atoms with E-state index in [-0.39, 0.29) is 17.5 Å². The van der Waals surface area contributed by atoms with Gasteiger partial charge in [-0.25, -0.2) is 4.98 Å². The first-order valence-corrected chi connectivity index (χ1v) is 7.53. The van der Waals surface area contributed by atoms with Gasteiger partial charge in [0.1, 0.15) is 5.69 Å². The molecule has 1 aromatic rings. The van der Waals surface area contributed by atoms with Crippen molar-refractivity contribution in [2.24, 2.45) is 11.8 Å². The second-order valence-corrected chi connectivity index (χ2v) is 5.80. The van der Waals surface area contributed by atoms with E-state index in [1.807, 2.05) is 0 Å². The number of nitrogen functional groups attached to an aromatic ring is 1. The van der Waals surface area contributed by atoms with Gasteiger partial charge >= 0.3 is 5.69 Å². The maximum atomic E-state index is 11.1. The van der Waals surface area contributed by atoms with Gasteiger partial charge in [0.15, 0.2) is 0 Å². The second kappa shape index (κ2) is 6.69. The minimum Gasteiger partial charge on any atom is -0.368 e. The van der Waals surface area contributed by atoms with Crippen LogP contribution < -0.4 is 11.1 Å². The van der Waals surface area contributed by atoms with Crippen LogP contribution in [0.5, 0.6) is 0 Å². The molecular formula is C14H23N5O2. The first-order valence-electron chi connectivity index (χ1n) is 7.53. The molecule has 3 N–H and O–H groups in total. The van der Waals surface area contributed by atoms with Gasteiger partial charge in [0.05, 0.1) is 4.92 Å². The highest BCUT2D eigenvalue weighted by Gasteiger charge is 2.24. The molecule has 7 nitrogen and oxygen atoms in total. The van der Waals surface area contributed by atoms with E-state index in [9.17, 15) is 10.1 Å². The molecular weight excluding hydrogens is 270 g/mol. The Bertz CT molecular complexity index is 512. The number of nitro groups is 1. The lowest BCUT2D eigenvalue weighted by Crippen LogP contribution is -2.22. The lowest BCUT2D eigenvalue weighted by Gasteiger charge is -2.27. The van der Waals surface area contributed by atoms with Gasteiger partial charge in [0.25, 0.3) is 0 Å². The molecule has 0 saturated heterocycles. The average Bonchev–Trinajstić information content (AvgIpc) is 2.44. The summed E-state index contributed by atoms with van der Waals surface area (Å²) in [6, 6.07) is 0. The SMILES string of the molecule is CCC1CCC(CNc2nc(N)nc(C)c2[N+](=O)[O-])CC1. The van der Waals surface area contributed by atoms with Crippen LogP contribution in [0.3, 0.4) is 0 Å². The van der Waals surface area contributed by atoms with E-state index in [1.54, 1.807) is 6.92 Å². The van der Waals surface area contributed by atoms with E-state index >= 15 is 0 Å². The van der Waals surface area contributed by atoms with Gasteiger partial charge in [-0.3, -0.25) is 10.1 Å². The van der Waals surface area contributed by atoms with Crippen LogP contribution in [0.15, 0.2) is 0 Å². The Morgan fingerprint density at radius 3 is 2.48 bits per heavy atom. The lowest BCUT2D eigenvalue weighted by molar-refractivity contribution is -0.385. The molecule has 1 heterocycles. The lowest BCUT2D eigenvalue weighted by atomic mass is 9.81. The molecule has 1 aliphatic carbocycles. The summed E-state index contributed by atoms with van der Waals surface area (Å²) in [7, 11) is 0. The summed E-state index contributed by atoms with van der Waals surface area (Å²) in [6.45, 7) is 4.51. The number of rotatable bonds is 5. The molecule has 7 heteroatoms. The van der Waals surface area contributed by atoms with E-state index in [2.05, 4.69) is 22.2 Å². The Hall–Kier alpha value is -1.92. The number of nitrogens with zero attached hydrogens (tertiary/aromatic N) is 3. The van der Waals surface area contributed by atoms with Crippen LogP contribution in [0.2, 0.25) is 0 Å². The topological polar surface area (TPSA) is 107 Å². The zero-order chi connectivity index (χ0) is 15.4. The molecule has 1 aromatic heterocycles. The van der Waals surface area contributed by atoms with Crippen molar-refractivity contribution in [3.8, 4) is 0 Å².